The van der Waals surface area contributed by atoms with Crippen molar-refractivity contribution in [2.45, 2.75) is 69.3 Å². The zero-order valence-corrected chi connectivity index (χ0v) is 34.6. The maximum absolute atomic E-state index is 13.8. The summed E-state index contributed by atoms with van der Waals surface area (Å²) < 4.78 is 45.5. The first-order valence-electron chi connectivity index (χ1n) is 20.0. The van der Waals surface area contributed by atoms with Crippen LogP contribution in [0.2, 0.25) is 0 Å². The lowest BCUT2D eigenvalue weighted by Crippen LogP contribution is -2.49. The topological polar surface area (TPSA) is 172 Å². The molecule has 2 atom stereocenters. The Morgan fingerprint density at radius 1 is 0.914 bits per heavy atom. The number of esters is 2. The summed E-state index contributed by atoms with van der Waals surface area (Å²) in [4.78, 5) is 56.6. The van der Waals surface area contributed by atoms with Crippen LogP contribution in [0.4, 0.5) is 4.79 Å². The van der Waals surface area contributed by atoms with Gasteiger partial charge in [0.05, 0.1) is 88.5 Å². The smallest absolute Gasteiger partial charge is 0.408 e. The van der Waals surface area contributed by atoms with Crippen LogP contribution in [0, 0.1) is 0 Å². The summed E-state index contributed by atoms with van der Waals surface area (Å²) in [5, 5.41) is 4.28. The lowest BCUT2D eigenvalue weighted by atomic mass is 9.85. The number of ether oxygens (including phenoxy) is 8. The van der Waals surface area contributed by atoms with Gasteiger partial charge in [0.25, 0.3) is 5.56 Å². The van der Waals surface area contributed by atoms with Crippen LogP contribution in [-0.2, 0) is 66.1 Å². The van der Waals surface area contributed by atoms with Gasteiger partial charge in [-0.3, -0.25) is 19.1 Å². The van der Waals surface area contributed by atoms with Crippen LogP contribution in [-0.4, -0.2) is 118 Å². The average molecular weight is 844 g/mol. The third kappa shape index (κ3) is 11.7. The second-order valence-electron chi connectivity index (χ2n) is 13.9. The maximum Gasteiger partial charge on any atom is 0.408 e. The molecule has 17 heteroatoms. The van der Waals surface area contributed by atoms with E-state index in [1.165, 1.54) is 18.6 Å². The number of amides is 1. The molecule has 0 saturated carbocycles. The number of aromatic nitrogens is 2. The Kier molecular flexibility index (Phi) is 17.1. The first-order valence-corrected chi connectivity index (χ1v) is 22.4. The molecule has 3 aromatic rings. The van der Waals surface area contributed by atoms with Crippen molar-refractivity contribution in [3.05, 3.63) is 69.3 Å². The Morgan fingerprint density at radius 2 is 1.60 bits per heavy atom. The minimum absolute atomic E-state index is 0.0737. The van der Waals surface area contributed by atoms with E-state index < -0.39 is 17.7 Å². The van der Waals surface area contributed by atoms with E-state index in [9.17, 15) is 19.2 Å². The van der Waals surface area contributed by atoms with Gasteiger partial charge in [0.2, 0.25) is 5.60 Å². The van der Waals surface area contributed by atoms with Crippen molar-refractivity contribution in [2.24, 2.45) is 0 Å². The number of carbonyl (C=O) groups is 3. The summed E-state index contributed by atoms with van der Waals surface area (Å²) in [6.45, 7) is 5.51. The van der Waals surface area contributed by atoms with Crippen molar-refractivity contribution in [1.29, 1.82) is 0 Å². The molecule has 1 aromatic carbocycles. The van der Waals surface area contributed by atoms with Crippen molar-refractivity contribution >= 4 is 50.5 Å². The summed E-state index contributed by atoms with van der Waals surface area (Å²) in [5.74, 6) is 0.348. The number of unbranched alkanes of at least 4 members (excludes halogenated alkanes) is 1. The Morgan fingerprint density at radius 3 is 2.29 bits per heavy atom. The Bertz CT molecular complexity index is 1910. The fourth-order valence-corrected chi connectivity index (χ4v) is 10.0. The lowest BCUT2D eigenvalue weighted by molar-refractivity contribution is -0.172. The Balaban J connectivity index is 0.775. The van der Waals surface area contributed by atoms with Crippen molar-refractivity contribution in [1.82, 2.24) is 14.9 Å². The van der Waals surface area contributed by atoms with Crippen LogP contribution in [0.1, 0.15) is 68.0 Å². The minimum atomic E-state index is -1.78. The van der Waals surface area contributed by atoms with Crippen molar-refractivity contribution < 1.29 is 52.3 Å². The first kappa shape index (κ1) is 43.9. The van der Waals surface area contributed by atoms with E-state index >= 15 is 0 Å². The van der Waals surface area contributed by atoms with Crippen molar-refractivity contribution in [2.75, 3.05) is 85.0 Å². The fourth-order valence-electron chi connectivity index (χ4n) is 6.99. The first-order chi connectivity index (χ1) is 28.4. The molecule has 3 aliphatic heterocycles. The number of carbonyl (C=O) groups excluding carboxylic acids is 3. The van der Waals surface area contributed by atoms with E-state index in [1.807, 2.05) is 51.9 Å². The predicted octanol–water partition coefficient (Wildman–Crippen LogP) is 5.02. The number of fused-ring (bicyclic) bond motifs is 5. The van der Waals surface area contributed by atoms with Gasteiger partial charge in [0.1, 0.15) is 13.2 Å². The van der Waals surface area contributed by atoms with Gasteiger partial charge in [0.15, 0.2) is 0 Å². The number of rotatable bonds is 25. The number of alkyl carbamates (subject to hydrolysis) is 1. The van der Waals surface area contributed by atoms with Crippen LogP contribution in [0.15, 0.2) is 41.2 Å². The van der Waals surface area contributed by atoms with Crippen LogP contribution in [0.3, 0.4) is 0 Å². The molecule has 58 heavy (non-hydrogen) atoms. The highest BCUT2D eigenvalue weighted by atomic mass is 33.1. The molecule has 2 unspecified atom stereocenters. The normalized spacial score (nSPS) is 18.1. The summed E-state index contributed by atoms with van der Waals surface area (Å²) in [6, 6.07) is 11.4. The van der Waals surface area contributed by atoms with Gasteiger partial charge in [-0.15, -0.1) is 0 Å². The molecule has 5 heterocycles. The molecule has 0 spiro atoms. The second-order valence-corrected chi connectivity index (χ2v) is 16.7. The molecule has 0 radical (unpaired) electrons. The van der Waals surface area contributed by atoms with Gasteiger partial charge >= 0.3 is 18.0 Å². The molecule has 0 bridgehead atoms. The van der Waals surface area contributed by atoms with Crippen LogP contribution in [0.5, 0.6) is 0 Å². The Hall–Kier alpha value is -3.71. The van der Waals surface area contributed by atoms with Crippen LogP contribution >= 0.6 is 21.6 Å². The number of nitrogens with one attached hydrogen (secondary N) is 1. The van der Waals surface area contributed by atoms with Crippen LogP contribution in [0.25, 0.3) is 16.6 Å². The molecule has 1 fully saturated rings. The van der Waals surface area contributed by atoms with Gasteiger partial charge in [0, 0.05) is 47.0 Å². The average Bonchev–Trinajstić information content (AvgIpc) is 3.88. The third-order valence-corrected chi connectivity index (χ3v) is 13.0. The molecule has 6 rings (SSSR count). The number of hydrogen-bond acceptors (Lipinski definition) is 15. The number of benzene rings is 1. The second kappa shape index (κ2) is 22.6. The quantitative estimate of drug-likeness (QED) is 0.0408. The van der Waals surface area contributed by atoms with E-state index in [-0.39, 0.29) is 49.9 Å². The maximum atomic E-state index is 13.8. The van der Waals surface area contributed by atoms with Gasteiger partial charge < -0.3 is 43.2 Å². The highest BCUT2D eigenvalue weighted by Gasteiger charge is 2.50. The van der Waals surface area contributed by atoms with Crippen molar-refractivity contribution in [3.63, 3.8) is 0 Å². The number of pyridine rings is 2. The monoisotopic (exact) mass is 843 g/mol. The fraction of sp³-hybridized carbons (Fsp3) is 0.585. The van der Waals surface area contributed by atoms with Crippen LogP contribution < -0.4 is 10.9 Å². The molecule has 1 N–H and O–H groups in total. The highest BCUT2D eigenvalue weighted by Crippen LogP contribution is 2.41. The number of nitrogens with zero attached hydrogens (tertiary/aromatic N) is 2. The van der Waals surface area contributed by atoms with Gasteiger partial charge in [-0.1, -0.05) is 53.1 Å². The minimum Gasteiger partial charge on any atom is -0.463 e. The highest BCUT2D eigenvalue weighted by molar-refractivity contribution is 8.77. The summed E-state index contributed by atoms with van der Waals surface area (Å²) >= 11 is 0. The number of cyclic esters (lactones) is 1. The molecule has 0 aliphatic carbocycles. The molecule has 2 aromatic heterocycles. The van der Waals surface area contributed by atoms with Gasteiger partial charge in [-0.2, -0.15) is 0 Å². The zero-order valence-electron chi connectivity index (χ0n) is 33.0. The van der Waals surface area contributed by atoms with Gasteiger partial charge in [-0.25, -0.2) is 9.59 Å². The van der Waals surface area contributed by atoms with E-state index in [1.54, 1.807) is 17.6 Å². The SMILES string of the molecule is CCC1(OC(=O)NCCOCCOCCOCCOCCOCCOC(=O)CCCCC2CCSS2)C(=O)OCc2c1cc1n(c2=O)-c2cc3ccccc3nc2C1. The Labute approximate surface area is 345 Å². The largest absolute Gasteiger partial charge is 0.463 e. The molecular formula is C41H53N3O12S2. The standard InChI is InChI=1S/C41H53N3O12S2/c1-2-41(33-26-30-27-35-36(25-29-7-3-5-9-34(29)43-35)44(30)38(46)32(33)28-55-39(41)47)56-40(48)42-12-13-49-14-15-50-16-17-51-18-19-52-20-21-53-22-23-54-37(45)10-6-4-8-31-11-24-57-58-31/h3,5,7,9,25-26,31H,2,4,6,8,10-24,27-28H2,1H3,(H,42,48). The molecule has 3 aliphatic rings. The van der Waals surface area contributed by atoms with E-state index in [2.05, 4.69) is 5.32 Å². The molecular weight excluding hydrogens is 791 g/mol. The zero-order chi connectivity index (χ0) is 40.6. The number of para-hydroxylation sites is 1. The summed E-state index contributed by atoms with van der Waals surface area (Å²) in [5.41, 5.74) is 1.45. The molecule has 316 valence electrons. The van der Waals surface area contributed by atoms with E-state index in [0.29, 0.717) is 89.2 Å². The van der Waals surface area contributed by atoms with Crippen molar-refractivity contribution in [3.8, 4) is 5.69 Å². The van der Waals surface area contributed by atoms with E-state index in [4.69, 9.17) is 42.9 Å². The molecule has 15 nitrogen and oxygen atoms in total. The third-order valence-electron chi connectivity index (χ3n) is 10.0. The summed E-state index contributed by atoms with van der Waals surface area (Å²) in [6.07, 6.45) is 4.50. The number of hydrogen-bond donors (Lipinski definition) is 1. The molecule has 1 saturated heterocycles. The lowest BCUT2D eigenvalue weighted by Gasteiger charge is -2.35. The predicted molar refractivity (Wildman–Crippen MR) is 218 cm³/mol. The molecule has 1 amide bonds. The van der Waals surface area contributed by atoms with Gasteiger partial charge in [-0.05, 0) is 43.9 Å². The summed E-state index contributed by atoms with van der Waals surface area (Å²) in [7, 11) is 3.92. The van der Waals surface area contributed by atoms with E-state index in [0.717, 1.165) is 34.7 Å².